The summed E-state index contributed by atoms with van der Waals surface area (Å²) in [6.45, 7) is 5.32. The van der Waals surface area contributed by atoms with Crippen molar-refractivity contribution in [3.8, 4) is 0 Å². The van der Waals surface area contributed by atoms with Gasteiger partial charge in [-0.2, -0.15) is 0 Å². The van der Waals surface area contributed by atoms with E-state index in [-0.39, 0.29) is 6.42 Å². The molecule has 0 fully saturated rings. The highest BCUT2D eigenvalue weighted by Crippen LogP contribution is 2.18. The van der Waals surface area contributed by atoms with E-state index in [1.54, 1.807) is 7.05 Å². The highest BCUT2D eigenvalue weighted by Gasteiger charge is 2.30. The van der Waals surface area contributed by atoms with Gasteiger partial charge in [-0.05, 0) is 12.8 Å². The fraction of sp³-hybridized carbons (Fsp3) is 0.935. The normalized spacial score (nSPS) is 11.8. The molecule has 7 heteroatoms. The van der Waals surface area contributed by atoms with Crippen LogP contribution in [0.5, 0.6) is 0 Å². The minimum atomic E-state index is -0.837. The molecule has 0 aliphatic heterocycles. The van der Waals surface area contributed by atoms with Gasteiger partial charge in [0.15, 0.2) is 0 Å². The molecule has 0 N–H and O–H groups in total. The highest BCUT2D eigenvalue weighted by atomic mass is 32.1. The van der Waals surface area contributed by atoms with Crippen molar-refractivity contribution >= 4 is 42.0 Å². The molecular weight excluding hydrogens is 695 g/mol. The molecule has 0 radical (unpaired) electrons. The van der Waals surface area contributed by atoms with E-state index in [4.69, 9.17) is 21.7 Å². The smallest absolute Gasteiger partial charge is 0.316 e. The molecule has 1 unspecified atom stereocenters. The average molecular weight is 784 g/mol. The maximum atomic E-state index is 12.9. The number of carbonyl (C=O) groups excluding carboxylic acids is 2. The van der Waals surface area contributed by atoms with Gasteiger partial charge in [0.2, 0.25) is 0 Å². The van der Waals surface area contributed by atoms with Crippen LogP contribution >= 0.6 is 25.0 Å². The Morgan fingerprint density at radius 3 is 0.962 bits per heavy atom. The van der Waals surface area contributed by atoms with Crippen LogP contribution in [0.25, 0.3) is 0 Å². The van der Waals surface area contributed by atoms with Crippen molar-refractivity contribution < 1.29 is 19.1 Å². The van der Waals surface area contributed by atoms with Crippen molar-refractivity contribution in [3.63, 3.8) is 0 Å². The predicted molar refractivity (Wildman–Crippen MR) is 237 cm³/mol. The Balaban J connectivity index is 3.75. The summed E-state index contributed by atoms with van der Waals surface area (Å²) in [6, 6.07) is 0. The molecule has 0 amide bonds. The van der Waals surface area contributed by atoms with Crippen LogP contribution in [-0.2, 0) is 19.1 Å². The molecular formula is C46H89NO4S2. The molecule has 0 aromatic carbocycles. The Bertz CT molecular complexity index is 808. The van der Waals surface area contributed by atoms with Crippen LogP contribution in [-0.4, -0.2) is 41.5 Å². The fourth-order valence-corrected chi connectivity index (χ4v) is 7.51. The second-order valence-corrected chi connectivity index (χ2v) is 17.0. The summed E-state index contributed by atoms with van der Waals surface area (Å²) in [4.78, 5) is 25.8. The quantitative estimate of drug-likeness (QED) is 0.0288. The van der Waals surface area contributed by atoms with Gasteiger partial charge in [-0.15, -0.1) is 0 Å². The van der Waals surface area contributed by atoms with Crippen LogP contribution < -0.4 is 0 Å². The molecule has 0 bridgehead atoms. The topological polar surface area (TPSA) is 55.8 Å². The third-order valence-electron chi connectivity index (χ3n) is 10.8. The number of thiol groups is 1. The lowest BCUT2D eigenvalue weighted by molar-refractivity contribution is -0.153. The average Bonchev–Trinajstić information content (AvgIpc) is 3.15. The van der Waals surface area contributed by atoms with Crippen molar-refractivity contribution in [2.45, 2.75) is 251 Å². The van der Waals surface area contributed by atoms with Crippen molar-refractivity contribution in [2.75, 3.05) is 20.3 Å². The summed E-state index contributed by atoms with van der Waals surface area (Å²) in [5, 5.41) is 0. The third kappa shape index (κ3) is 37.9. The molecule has 314 valence electrons. The lowest BCUT2D eigenvalue weighted by atomic mass is 10.0. The Hall–Kier alpha value is -0.820. The maximum Gasteiger partial charge on any atom is 0.316 e. The fourth-order valence-electron chi connectivity index (χ4n) is 7.19. The first kappa shape index (κ1) is 52.2. The summed E-state index contributed by atoms with van der Waals surface area (Å²) < 4.78 is 12.5. The monoisotopic (exact) mass is 784 g/mol. The van der Waals surface area contributed by atoms with E-state index in [1.807, 2.05) is 0 Å². The van der Waals surface area contributed by atoms with Crippen LogP contribution in [0.15, 0.2) is 0 Å². The van der Waals surface area contributed by atoms with Gasteiger partial charge in [0.1, 0.15) is 10.9 Å². The third-order valence-corrected chi connectivity index (χ3v) is 11.7. The number of esters is 2. The number of ether oxygens (including phenoxy) is 2. The number of unbranched alkanes of at least 4 members (excludes halogenated alkanes) is 34. The Morgan fingerprint density at radius 1 is 0.453 bits per heavy atom. The van der Waals surface area contributed by atoms with Crippen LogP contribution in [0, 0.1) is 5.92 Å². The number of thiocarbonyl (C=S) groups is 1. The zero-order valence-corrected chi connectivity index (χ0v) is 37.3. The Labute approximate surface area is 341 Å². The van der Waals surface area contributed by atoms with E-state index in [1.165, 1.54) is 210 Å². The summed E-state index contributed by atoms with van der Waals surface area (Å²) >= 11 is 9.70. The molecule has 0 saturated carbocycles. The van der Waals surface area contributed by atoms with Gasteiger partial charge in [0, 0.05) is 7.05 Å². The minimum absolute atomic E-state index is 0.0965. The van der Waals surface area contributed by atoms with Gasteiger partial charge in [0.25, 0.3) is 0 Å². The molecule has 5 nitrogen and oxygen atoms in total. The van der Waals surface area contributed by atoms with E-state index in [0.717, 1.165) is 25.7 Å². The van der Waals surface area contributed by atoms with E-state index < -0.39 is 17.9 Å². The van der Waals surface area contributed by atoms with Crippen molar-refractivity contribution in [1.29, 1.82) is 0 Å². The molecule has 0 saturated heterocycles. The summed E-state index contributed by atoms with van der Waals surface area (Å²) in [5.74, 6) is -1.69. The minimum Gasteiger partial charge on any atom is -0.466 e. The zero-order valence-electron chi connectivity index (χ0n) is 35.6. The molecule has 0 heterocycles. The van der Waals surface area contributed by atoms with Gasteiger partial charge in [0.05, 0.1) is 19.6 Å². The maximum absolute atomic E-state index is 12.9. The molecule has 0 aliphatic rings. The van der Waals surface area contributed by atoms with Crippen LogP contribution in [0.4, 0.5) is 0 Å². The van der Waals surface area contributed by atoms with Gasteiger partial charge in [-0.25, -0.2) is 0 Å². The Morgan fingerprint density at radius 2 is 0.698 bits per heavy atom. The number of hydrogen-bond acceptors (Lipinski definition) is 6. The lowest BCUT2D eigenvalue weighted by Gasteiger charge is -2.21. The number of hydrogen-bond donors (Lipinski definition) is 1. The van der Waals surface area contributed by atoms with Gasteiger partial charge in [-0.1, -0.05) is 257 Å². The first-order valence-corrected chi connectivity index (χ1v) is 24.0. The van der Waals surface area contributed by atoms with Crippen LogP contribution in [0.2, 0.25) is 0 Å². The van der Waals surface area contributed by atoms with Gasteiger partial charge in [-0.3, -0.25) is 9.59 Å². The number of nitrogens with zero attached hydrogens (tertiary/aromatic N) is 1. The molecule has 0 aromatic heterocycles. The first-order chi connectivity index (χ1) is 25.9. The molecule has 0 spiro atoms. The molecule has 53 heavy (non-hydrogen) atoms. The Kier molecular flexibility index (Phi) is 41.7. The second kappa shape index (κ2) is 42.3. The zero-order chi connectivity index (χ0) is 38.9. The highest BCUT2D eigenvalue weighted by molar-refractivity contribution is 7.84. The van der Waals surface area contributed by atoms with Crippen molar-refractivity contribution in [2.24, 2.45) is 5.92 Å². The van der Waals surface area contributed by atoms with Gasteiger partial charge >= 0.3 is 11.9 Å². The molecule has 0 aromatic rings. The van der Waals surface area contributed by atoms with E-state index in [9.17, 15) is 9.59 Å². The van der Waals surface area contributed by atoms with Crippen LogP contribution in [0.1, 0.15) is 251 Å². The first-order valence-electron chi connectivity index (χ1n) is 23.2. The number of carbonyl (C=O) groups is 2. The lowest BCUT2D eigenvalue weighted by Crippen LogP contribution is -2.34. The summed E-state index contributed by atoms with van der Waals surface area (Å²) in [7, 11) is 1.67. The van der Waals surface area contributed by atoms with Gasteiger partial charge < -0.3 is 13.8 Å². The molecule has 0 rings (SSSR count). The summed E-state index contributed by atoms with van der Waals surface area (Å²) in [6.07, 6.45) is 47.5. The number of rotatable bonds is 42. The van der Waals surface area contributed by atoms with E-state index in [2.05, 4.69) is 26.7 Å². The largest absolute Gasteiger partial charge is 0.466 e. The standard InChI is InChI=1S/C46H89NO4S2/c1-4-6-8-10-12-14-16-18-20-22-24-26-28-30-32-34-36-38-40-50-44(48)42-43(45(52)47(3)53)46(49)51-41-39-37-35-33-31-29-27-25-23-21-19-17-15-13-11-9-7-5-2/h43,53H,4-42H2,1-3H3. The molecule has 1 atom stereocenters. The second-order valence-electron chi connectivity index (χ2n) is 16.0. The van der Waals surface area contributed by atoms with Crippen LogP contribution in [0.3, 0.4) is 0 Å². The van der Waals surface area contributed by atoms with Crippen molar-refractivity contribution in [3.05, 3.63) is 0 Å². The summed E-state index contributed by atoms with van der Waals surface area (Å²) in [5.41, 5.74) is 0. The SMILES string of the molecule is CCCCCCCCCCCCCCCCCCCCOC(=O)CC(C(=O)OCCCCCCCCCCCCCCCCCCCC)C(=S)N(C)S. The molecule has 0 aliphatic carbocycles. The van der Waals surface area contributed by atoms with E-state index in [0.29, 0.717) is 18.2 Å². The van der Waals surface area contributed by atoms with E-state index >= 15 is 0 Å². The van der Waals surface area contributed by atoms with Crippen molar-refractivity contribution in [1.82, 2.24) is 4.31 Å². The predicted octanol–water partition coefficient (Wildman–Crippen LogP) is 15.3.